The highest BCUT2D eigenvalue weighted by atomic mass is 32.1. The van der Waals surface area contributed by atoms with E-state index in [0.29, 0.717) is 5.75 Å². The van der Waals surface area contributed by atoms with Crippen LogP contribution in [-0.4, -0.2) is 23.7 Å². The molecular formula is C16H22N2OS. The second-order valence-electron chi connectivity index (χ2n) is 5.96. The summed E-state index contributed by atoms with van der Waals surface area (Å²) >= 11 is 1.69. The van der Waals surface area contributed by atoms with Gasteiger partial charge in [-0.05, 0) is 36.2 Å². The summed E-state index contributed by atoms with van der Waals surface area (Å²) in [7, 11) is 1.95. The molecule has 0 aliphatic heterocycles. The van der Waals surface area contributed by atoms with Crippen LogP contribution in [-0.2, 0) is 11.8 Å². The average molecular weight is 290 g/mol. The largest absolute Gasteiger partial charge is 0.508 e. The van der Waals surface area contributed by atoms with Crippen LogP contribution in [0.2, 0.25) is 0 Å². The number of rotatable bonds is 4. The molecule has 0 radical (unpaired) electrons. The minimum Gasteiger partial charge on any atom is -0.508 e. The van der Waals surface area contributed by atoms with Crippen molar-refractivity contribution < 1.29 is 5.11 Å². The summed E-state index contributed by atoms with van der Waals surface area (Å²) in [5.74, 6) is 0.354. The predicted octanol–water partition coefficient (Wildman–Crippen LogP) is 3.58. The molecule has 1 heterocycles. The Morgan fingerprint density at radius 2 is 2.05 bits per heavy atom. The Morgan fingerprint density at radius 3 is 2.70 bits per heavy atom. The van der Waals surface area contributed by atoms with Crippen molar-refractivity contribution >= 4 is 11.3 Å². The van der Waals surface area contributed by atoms with E-state index in [9.17, 15) is 5.11 Å². The van der Waals surface area contributed by atoms with Crippen molar-refractivity contribution in [1.82, 2.24) is 10.3 Å². The third-order valence-electron chi connectivity index (χ3n) is 3.24. The van der Waals surface area contributed by atoms with Gasteiger partial charge in [-0.2, -0.15) is 0 Å². The Bertz CT molecular complexity index is 584. The smallest absolute Gasteiger partial charge is 0.119 e. The number of thiazole rings is 1. The van der Waals surface area contributed by atoms with Gasteiger partial charge in [-0.1, -0.05) is 20.8 Å². The number of benzene rings is 1. The van der Waals surface area contributed by atoms with E-state index in [1.807, 2.05) is 19.2 Å². The maximum absolute atomic E-state index is 10.0. The van der Waals surface area contributed by atoms with Crippen LogP contribution in [0.1, 0.15) is 31.3 Å². The van der Waals surface area contributed by atoms with Gasteiger partial charge in [-0.15, -0.1) is 11.3 Å². The van der Waals surface area contributed by atoms with Gasteiger partial charge < -0.3 is 10.4 Å². The van der Waals surface area contributed by atoms with Crippen molar-refractivity contribution in [3.05, 3.63) is 34.2 Å². The number of aromatic hydroxyl groups is 1. The molecule has 2 N–H and O–H groups in total. The molecule has 0 atom stereocenters. The summed E-state index contributed by atoms with van der Waals surface area (Å²) in [4.78, 5) is 4.67. The van der Waals surface area contributed by atoms with E-state index in [0.717, 1.165) is 34.8 Å². The molecule has 0 amide bonds. The van der Waals surface area contributed by atoms with Crippen LogP contribution in [0, 0.1) is 0 Å². The van der Waals surface area contributed by atoms with Gasteiger partial charge in [0.15, 0.2) is 0 Å². The van der Waals surface area contributed by atoms with E-state index >= 15 is 0 Å². The van der Waals surface area contributed by atoms with Gasteiger partial charge in [-0.25, -0.2) is 4.98 Å². The Labute approximate surface area is 124 Å². The molecule has 4 heteroatoms. The fraction of sp³-hybridized carbons (Fsp3) is 0.438. The molecule has 1 aromatic carbocycles. The molecule has 3 nitrogen and oxygen atoms in total. The quantitative estimate of drug-likeness (QED) is 0.904. The summed E-state index contributed by atoms with van der Waals surface area (Å²) in [5, 5.41) is 16.4. The van der Waals surface area contributed by atoms with Gasteiger partial charge in [0.25, 0.3) is 0 Å². The second-order valence-corrected chi connectivity index (χ2v) is 6.90. The lowest BCUT2D eigenvalue weighted by Crippen LogP contribution is -2.11. The molecular weight excluding hydrogens is 268 g/mol. The van der Waals surface area contributed by atoms with Crippen molar-refractivity contribution in [3.63, 3.8) is 0 Å². The molecule has 0 spiro atoms. The zero-order valence-corrected chi connectivity index (χ0v) is 13.3. The number of hydrogen-bond donors (Lipinski definition) is 2. The van der Waals surface area contributed by atoms with E-state index in [4.69, 9.17) is 0 Å². The van der Waals surface area contributed by atoms with E-state index in [1.165, 1.54) is 0 Å². The van der Waals surface area contributed by atoms with Crippen LogP contribution >= 0.6 is 11.3 Å². The molecule has 0 saturated heterocycles. The molecule has 108 valence electrons. The van der Waals surface area contributed by atoms with Gasteiger partial charge in [0.05, 0.1) is 10.7 Å². The highest BCUT2D eigenvalue weighted by molar-refractivity contribution is 7.09. The van der Waals surface area contributed by atoms with Crippen LogP contribution in [0.25, 0.3) is 11.3 Å². The molecule has 0 fully saturated rings. The Morgan fingerprint density at radius 1 is 1.30 bits per heavy atom. The van der Waals surface area contributed by atoms with Crippen molar-refractivity contribution in [2.75, 3.05) is 13.6 Å². The third kappa shape index (κ3) is 3.38. The average Bonchev–Trinajstić information content (AvgIpc) is 2.84. The van der Waals surface area contributed by atoms with Gasteiger partial charge in [0, 0.05) is 23.9 Å². The van der Waals surface area contributed by atoms with E-state index in [-0.39, 0.29) is 5.41 Å². The Balaban J connectivity index is 2.31. The summed E-state index contributed by atoms with van der Waals surface area (Å²) < 4.78 is 0. The number of nitrogens with zero attached hydrogens (tertiary/aromatic N) is 1. The first-order chi connectivity index (χ1) is 9.41. The molecule has 0 unspecified atom stereocenters. The SMILES string of the molecule is CNCCc1nc(-c2ccc(O)c(C(C)(C)C)c2)cs1. The first-order valence-electron chi connectivity index (χ1n) is 6.84. The molecule has 2 aromatic rings. The molecule has 2 rings (SSSR count). The summed E-state index contributed by atoms with van der Waals surface area (Å²) in [6.45, 7) is 7.25. The van der Waals surface area contributed by atoms with E-state index in [2.05, 4.69) is 36.5 Å². The highest BCUT2D eigenvalue weighted by Gasteiger charge is 2.19. The fourth-order valence-electron chi connectivity index (χ4n) is 2.09. The summed E-state index contributed by atoms with van der Waals surface area (Å²) in [6.07, 6.45) is 0.950. The van der Waals surface area contributed by atoms with Crippen molar-refractivity contribution in [1.29, 1.82) is 0 Å². The van der Waals surface area contributed by atoms with Crippen LogP contribution < -0.4 is 5.32 Å². The fourth-order valence-corrected chi connectivity index (χ4v) is 2.89. The van der Waals surface area contributed by atoms with Crippen LogP contribution in [0.3, 0.4) is 0 Å². The van der Waals surface area contributed by atoms with E-state index < -0.39 is 0 Å². The van der Waals surface area contributed by atoms with Crippen molar-refractivity contribution in [2.24, 2.45) is 0 Å². The molecule has 0 saturated carbocycles. The molecule has 0 aliphatic carbocycles. The Hall–Kier alpha value is -1.39. The first kappa shape index (κ1) is 15.0. The van der Waals surface area contributed by atoms with Crippen molar-refractivity contribution in [3.8, 4) is 17.0 Å². The highest BCUT2D eigenvalue weighted by Crippen LogP contribution is 2.34. The number of likely N-dealkylation sites (N-methyl/N-ethyl adjacent to an activating group) is 1. The lowest BCUT2D eigenvalue weighted by molar-refractivity contribution is 0.447. The zero-order chi connectivity index (χ0) is 14.8. The normalized spacial score (nSPS) is 11.8. The molecule has 1 aromatic heterocycles. The lowest BCUT2D eigenvalue weighted by Gasteiger charge is -2.21. The van der Waals surface area contributed by atoms with E-state index in [1.54, 1.807) is 17.4 Å². The number of hydrogen-bond acceptors (Lipinski definition) is 4. The number of phenolic OH excluding ortho intramolecular Hbond substituents is 1. The van der Waals surface area contributed by atoms with Crippen LogP contribution in [0.15, 0.2) is 23.6 Å². The van der Waals surface area contributed by atoms with Gasteiger partial charge in [0.1, 0.15) is 5.75 Å². The van der Waals surface area contributed by atoms with Gasteiger partial charge >= 0.3 is 0 Å². The molecule has 0 aliphatic rings. The zero-order valence-electron chi connectivity index (χ0n) is 12.5. The second kappa shape index (κ2) is 5.94. The number of aromatic nitrogens is 1. The predicted molar refractivity (Wildman–Crippen MR) is 85.5 cm³/mol. The first-order valence-corrected chi connectivity index (χ1v) is 7.72. The van der Waals surface area contributed by atoms with Crippen molar-refractivity contribution in [2.45, 2.75) is 32.6 Å². The maximum Gasteiger partial charge on any atom is 0.119 e. The lowest BCUT2D eigenvalue weighted by atomic mass is 9.85. The van der Waals surface area contributed by atoms with Gasteiger partial charge in [-0.3, -0.25) is 0 Å². The minimum atomic E-state index is -0.0783. The number of phenols is 1. The van der Waals surface area contributed by atoms with Crippen LogP contribution in [0.5, 0.6) is 5.75 Å². The maximum atomic E-state index is 10.0. The number of nitrogens with one attached hydrogen (secondary N) is 1. The summed E-state index contributed by atoms with van der Waals surface area (Å²) in [5.41, 5.74) is 2.94. The topological polar surface area (TPSA) is 45.2 Å². The van der Waals surface area contributed by atoms with Gasteiger partial charge in [0.2, 0.25) is 0 Å². The summed E-state index contributed by atoms with van der Waals surface area (Å²) in [6, 6.07) is 5.75. The van der Waals surface area contributed by atoms with Crippen LogP contribution in [0.4, 0.5) is 0 Å². The monoisotopic (exact) mass is 290 g/mol. The Kier molecular flexibility index (Phi) is 4.45. The molecule has 20 heavy (non-hydrogen) atoms. The minimum absolute atomic E-state index is 0.0783. The molecule has 0 bridgehead atoms. The standard InChI is InChI=1S/C16H22N2OS/c1-16(2,3)12-9-11(5-6-14(12)19)13-10-20-15(18-13)7-8-17-4/h5-6,9-10,17,19H,7-8H2,1-4H3. The third-order valence-corrected chi connectivity index (χ3v) is 4.15.